The fraction of sp³-hybridized carbons (Fsp3) is 0.125. The number of ether oxygens (including phenoxy) is 1. The predicted molar refractivity (Wildman–Crippen MR) is 179 cm³/mol. The fourth-order valence-electron chi connectivity index (χ4n) is 5.67. The average Bonchev–Trinajstić information content (AvgIpc) is 3.46. The number of hydrogen-bond donors (Lipinski definition) is 0. The van der Waals surface area contributed by atoms with Crippen LogP contribution in [0.1, 0.15) is 32.4 Å². The van der Waals surface area contributed by atoms with Crippen LogP contribution >= 0.6 is 0 Å². The maximum absolute atomic E-state index is 6.46. The van der Waals surface area contributed by atoms with Crippen molar-refractivity contribution in [3.05, 3.63) is 173 Å². The van der Waals surface area contributed by atoms with Crippen LogP contribution in [0.2, 0.25) is 0 Å². The molecule has 4 aromatic rings. The first-order valence-electron chi connectivity index (χ1n) is 14.8. The van der Waals surface area contributed by atoms with Crippen LogP contribution in [0.15, 0.2) is 172 Å². The van der Waals surface area contributed by atoms with Crippen molar-refractivity contribution in [1.82, 2.24) is 0 Å². The van der Waals surface area contributed by atoms with E-state index in [1.807, 2.05) is 31.2 Å². The van der Waals surface area contributed by atoms with Gasteiger partial charge in [-0.1, -0.05) is 72.8 Å². The molecule has 212 valence electrons. The van der Waals surface area contributed by atoms with Crippen LogP contribution in [0, 0.1) is 0 Å². The Labute approximate surface area is 254 Å². The summed E-state index contributed by atoms with van der Waals surface area (Å²) in [4.78, 5) is 2.29. The maximum atomic E-state index is 6.46. The molecule has 0 atom stereocenters. The molecule has 1 aliphatic carbocycles. The van der Waals surface area contributed by atoms with E-state index in [0.29, 0.717) is 0 Å². The summed E-state index contributed by atoms with van der Waals surface area (Å²) < 4.78 is 12.4. The second kappa shape index (κ2) is 12.8. The standard InChI is InChI=1S/C40H36NO2/c1-29-25-30(2)42-37(26-29)23-21-33-19-20-34(40(33)41(3)36-17-11-6-12-18-36)22-24-38-27-35(31-13-7-4-8-14-31)28-39(43-38)32-15-9-5-10-16-32/h4-18,21-28H,19-20H2,1-3H3/q+1. The van der Waals surface area contributed by atoms with E-state index in [2.05, 4.69) is 134 Å². The van der Waals surface area contributed by atoms with Crippen LogP contribution in [0.5, 0.6) is 0 Å². The molecule has 0 unspecified atom stereocenters. The lowest BCUT2D eigenvalue weighted by Gasteiger charge is -2.23. The van der Waals surface area contributed by atoms with Gasteiger partial charge in [0.1, 0.15) is 11.5 Å². The summed E-state index contributed by atoms with van der Waals surface area (Å²) in [6, 6.07) is 35.5. The van der Waals surface area contributed by atoms with Crippen molar-refractivity contribution in [1.29, 1.82) is 0 Å². The normalized spacial score (nSPS) is 16.9. The summed E-state index contributed by atoms with van der Waals surface area (Å²) in [5, 5.41) is 0. The molecule has 0 N–H and O–H groups in total. The van der Waals surface area contributed by atoms with E-state index in [-0.39, 0.29) is 0 Å². The molecule has 0 amide bonds. The van der Waals surface area contributed by atoms with Crippen LogP contribution in [0.3, 0.4) is 0 Å². The van der Waals surface area contributed by atoms with Crippen LogP contribution in [-0.4, -0.2) is 7.05 Å². The van der Waals surface area contributed by atoms with E-state index in [4.69, 9.17) is 9.15 Å². The molecule has 0 saturated carbocycles. The number of benzene rings is 3. The largest absolute Gasteiger partial charge is 0.462 e. The van der Waals surface area contributed by atoms with Crippen LogP contribution in [0.25, 0.3) is 28.5 Å². The van der Waals surface area contributed by atoms with E-state index in [9.17, 15) is 0 Å². The molecular weight excluding hydrogens is 526 g/mol. The van der Waals surface area contributed by atoms with Crippen molar-refractivity contribution in [2.24, 2.45) is 0 Å². The summed E-state index contributed by atoms with van der Waals surface area (Å²) in [7, 11) is 2.15. The predicted octanol–water partition coefficient (Wildman–Crippen LogP) is 10.8. The lowest BCUT2D eigenvalue weighted by Crippen LogP contribution is -2.17. The van der Waals surface area contributed by atoms with Crippen LogP contribution < -0.4 is 4.90 Å². The highest BCUT2D eigenvalue weighted by atomic mass is 16.5. The van der Waals surface area contributed by atoms with Crippen molar-refractivity contribution in [2.45, 2.75) is 26.7 Å². The van der Waals surface area contributed by atoms with Gasteiger partial charge in [-0.2, -0.15) is 0 Å². The first-order chi connectivity index (χ1) is 21.0. The summed E-state index contributed by atoms with van der Waals surface area (Å²) in [5.41, 5.74) is 9.44. The minimum Gasteiger partial charge on any atom is -0.462 e. The lowest BCUT2D eigenvalue weighted by atomic mass is 10.0. The van der Waals surface area contributed by atoms with Crippen molar-refractivity contribution in [2.75, 3.05) is 11.9 Å². The Balaban J connectivity index is 1.41. The zero-order chi connectivity index (χ0) is 29.6. The molecular formula is C40H36NO2+. The summed E-state index contributed by atoms with van der Waals surface area (Å²) in [5.74, 6) is 3.43. The fourth-order valence-corrected chi connectivity index (χ4v) is 5.67. The molecule has 0 fully saturated rings. The molecule has 0 bridgehead atoms. The number of likely N-dealkylation sites (N-methyl/N-ethyl adjacent to an activating group) is 1. The SMILES string of the molecule is CC1=C/C(=C\C=C2/CCC(/C=C/c3cc(-c4ccccc4)cc(-c4ccccc4)[o+]3)=C2N(C)c2ccccc2)OC(C)=C1. The zero-order valence-corrected chi connectivity index (χ0v) is 25.0. The number of anilines is 1. The molecule has 0 spiro atoms. The Morgan fingerprint density at radius 1 is 0.698 bits per heavy atom. The van der Waals surface area contributed by atoms with Gasteiger partial charge in [0.2, 0.25) is 0 Å². The average molecular weight is 563 g/mol. The number of nitrogens with zero attached hydrogens (tertiary/aromatic N) is 1. The van der Waals surface area contributed by atoms with Gasteiger partial charge in [-0.15, -0.1) is 0 Å². The molecule has 2 heterocycles. The number of para-hydroxylation sites is 1. The smallest absolute Gasteiger partial charge is 0.361 e. The van der Waals surface area contributed by atoms with Crippen LogP contribution in [0.4, 0.5) is 5.69 Å². The van der Waals surface area contributed by atoms with E-state index >= 15 is 0 Å². The van der Waals surface area contributed by atoms with Gasteiger partial charge >= 0.3 is 11.5 Å². The molecule has 3 nitrogen and oxygen atoms in total. The molecule has 1 aromatic heterocycles. The molecule has 3 heteroatoms. The molecule has 0 radical (unpaired) electrons. The second-order valence-electron chi connectivity index (χ2n) is 11.0. The highest BCUT2D eigenvalue weighted by molar-refractivity contribution is 5.72. The van der Waals surface area contributed by atoms with Gasteiger partial charge in [0.05, 0.1) is 17.7 Å². The molecule has 43 heavy (non-hydrogen) atoms. The summed E-state index contributed by atoms with van der Waals surface area (Å²) in [6.45, 7) is 4.09. The summed E-state index contributed by atoms with van der Waals surface area (Å²) >= 11 is 0. The highest BCUT2D eigenvalue weighted by Gasteiger charge is 2.23. The number of hydrogen-bond acceptors (Lipinski definition) is 2. The zero-order valence-electron chi connectivity index (χ0n) is 25.0. The topological polar surface area (TPSA) is 23.8 Å². The third-order valence-electron chi connectivity index (χ3n) is 7.71. The third kappa shape index (κ3) is 6.68. The Kier molecular flexibility index (Phi) is 8.33. The van der Waals surface area contributed by atoms with Gasteiger partial charge in [-0.05, 0) is 97.5 Å². The first-order valence-corrected chi connectivity index (χ1v) is 14.8. The number of allylic oxidation sites excluding steroid dienone is 9. The van der Waals surface area contributed by atoms with E-state index < -0.39 is 0 Å². The van der Waals surface area contributed by atoms with Gasteiger partial charge in [-0.3, -0.25) is 0 Å². The van der Waals surface area contributed by atoms with E-state index in [1.54, 1.807) is 0 Å². The Bertz CT molecular complexity index is 1730. The maximum Gasteiger partial charge on any atom is 0.361 e. The summed E-state index contributed by atoms with van der Waals surface area (Å²) in [6.07, 6.45) is 14.7. The quantitative estimate of drug-likeness (QED) is 0.209. The van der Waals surface area contributed by atoms with Crippen molar-refractivity contribution in [3.8, 4) is 22.5 Å². The van der Waals surface area contributed by atoms with Gasteiger partial charge in [0.25, 0.3) is 0 Å². The minimum absolute atomic E-state index is 0.812. The van der Waals surface area contributed by atoms with Gasteiger partial charge in [0, 0.05) is 30.1 Å². The van der Waals surface area contributed by atoms with Crippen molar-refractivity contribution < 1.29 is 9.15 Å². The molecule has 3 aromatic carbocycles. The van der Waals surface area contributed by atoms with Crippen molar-refractivity contribution >= 4 is 11.8 Å². The van der Waals surface area contributed by atoms with Gasteiger partial charge < -0.3 is 9.64 Å². The second-order valence-corrected chi connectivity index (χ2v) is 11.0. The van der Waals surface area contributed by atoms with Gasteiger partial charge in [0.15, 0.2) is 0 Å². The lowest BCUT2D eigenvalue weighted by molar-refractivity contribution is 0.317. The van der Waals surface area contributed by atoms with E-state index in [0.717, 1.165) is 58.3 Å². The first kappa shape index (κ1) is 28.0. The molecule has 0 saturated heterocycles. The van der Waals surface area contributed by atoms with Crippen LogP contribution in [-0.2, 0) is 4.74 Å². The van der Waals surface area contributed by atoms with Crippen molar-refractivity contribution in [3.63, 3.8) is 0 Å². The Morgan fingerprint density at radius 3 is 2.07 bits per heavy atom. The molecule has 6 rings (SSSR count). The van der Waals surface area contributed by atoms with Gasteiger partial charge in [-0.25, -0.2) is 4.42 Å². The Morgan fingerprint density at radius 2 is 1.37 bits per heavy atom. The monoisotopic (exact) mass is 562 g/mol. The number of rotatable bonds is 7. The molecule has 1 aliphatic heterocycles. The third-order valence-corrected chi connectivity index (χ3v) is 7.71. The Hall–Kier alpha value is -5.15. The minimum atomic E-state index is 0.812. The molecule has 2 aliphatic rings. The van der Waals surface area contributed by atoms with E-state index in [1.165, 1.54) is 22.4 Å². The highest BCUT2D eigenvalue weighted by Crippen LogP contribution is 2.37.